The molecule has 0 aliphatic rings. The summed E-state index contributed by atoms with van der Waals surface area (Å²) in [6, 6.07) is 3.78. The minimum absolute atomic E-state index is 0.183. The average molecular weight is 197 g/mol. The van der Waals surface area contributed by atoms with Crippen LogP contribution in [0.4, 0.5) is 0 Å². The molecule has 0 aliphatic heterocycles. The molecular formula is C8H7NO5. The number of rotatable bonds is 3. The van der Waals surface area contributed by atoms with Crippen LogP contribution in [0.15, 0.2) is 18.2 Å². The fourth-order valence-electron chi connectivity index (χ4n) is 1.03. The summed E-state index contributed by atoms with van der Waals surface area (Å²) in [6.45, 7) is 0. The first-order chi connectivity index (χ1) is 6.57. The van der Waals surface area contributed by atoms with Gasteiger partial charge < -0.3 is 15.1 Å². The molecule has 0 aliphatic carbocycles. The van der Waals surface area contributed by atoms with Crippen LogP contribution in [0.5, 0.6) is 5.75 Å². The second-order valence-corrected chi connectivity index (χ2v) is 2.41. The van der Waals surface area contributed by atoms with E-state index in [2.05, 4.69) is 4.84 Å². The predicted molar refractivity (Wildman–Crippen MR) is 45.2 cm³/mol. The molecule has 0 radical (unpaired) electrons. The van der Waals surface area contributed by atoms with Crippen LogP contribution in [0.25, 0.3) is 0 Å². The zero-order valence-corrected chi connectivity index (χ0v) is 6.93. The number of nitrogens with two attached hydrogens (primary N) is 1. The summed E-state index contributed by atoms with van der Waals surface area (Å²) >= 11 is 0. The molecule has 6 heteroatoms. The van der Waals surface area contributed by atoms with Crippen LogP contribution < -0.4 is 10.7 Å². The van der Waals surface area contributed by atoms with Gasteiger partial charge in [-0.25, -0.2) is 9.59 Å². The van der Waals surface area contributed by atoms with Crippen LogP contribution in [-0.2, 0) is 0 Å². The Morgan fingerprint density at radius 3 is 2.29 bits per heavy atom. The van der Waals surface area contributed by atoms with Crippen LogP contribution in [0.1, 0.15) is 20.7 Å². The highest BCUT2D eigenvalue weighted by Gasteiger charge is 2.20. The van der Waals surface area contributed by atoms with Crippen LogP contribution in [0.2, 0.25) is 0 Å². The predicted octanol–water partition coefficient (Wildman–Crippen LogP) is 0.336. The van der Waals surface area contributed by atoms with Crippen molar-refractivity contribution in [2.24, 2.45) is 5.90 Å². The van der Waals surface area contributed by atoms with Crippen molar-refractivity contribution in [3.63, 3.8) is 0 Å². The zero-order chi connectivity index (χ0) is 10.7. The number of hydrogen-bond acceptors (Lipinski definition) is 4. The van der Waals surface area contributed by atoms with Crippen LogP contribution in [-0.4, -0.2) is 22.2 Å². The Bertz CT molecular complexity index is 387. The summed E-state index contributed by atoms with van der Waals surface area (Å²) in [5.74, 6) is 1.87. The largest absolute Gasteiger partial charge is 0.478 e. The Kier molecular flexibility index (Phi) is 2.68. The van der Waals surface area contributed by atoms with Crippen molar-refractivity contribution in [1.82, 2.24) is 0 Å². The fraction of sp³-hybridized carbons (Fsp3) is 0. The van der Waals surface area contributed by atoms with Crippen molar-refractivity contribution < 1.29 is 24.6 Å². The SMILES string of the molecule is NOc1cccc(C(=O)O)c1C(=O)O. The average Bonchev–Trinajstić information content (AvgIpc) is 2.16. The number of aromatic carboxylic acids is 2. The Hall–Kier alpha value is -2.08. The van der Waals surface area contributed by atoms with E-state index in [1.54, 1.807) is 0 Å². The van der Waals surface area contributed by atoms with E-state index in [4.69, 9.17) is 16.1 Å². The molecule has 1 aromatic carbocycles. The Morgan fingerprint density at radius 2 is 1.86 bits per heavy atom. The minimum atomic E-state index is -1.40. The van der Waals surface area contributed by atoms with Crippen LogP contribution in [0.3, 0.4) is 0 Å². The molecule has 1 rings (SSSR count). The molecule has 6 nitrogen and oxygen atoms in total. The number of carboxylic acid groups (broad SMARTS) is 2. The van der Waals surface area contributed by atoms with Crippen LogP contribution in [0, 0.1) is 0 Å². The monoisotopic (exact) mass is 197 g/mol. The van der Waals surface area contributed by atoms with Crippen molar-refractivity contribution in [3.8, 4) is 5.75 Å². The lowest BCUT2D eigenvalue weighted by Gasteiger charge is -2.05. The molecule has 0 unspecified atom stereocenters. The van der Waals surface area contributed by atoms with Gasteiger partial charge in [0.2, 0.25) is 0 Å². The molecule has 0 bridgehead atoms. The van der Waals surface area contributed by atoms with Gasteiger partial charge in [0.05, 0.1) is 5.56 Å². The van der Waals surface area contributed by atoms with Gasteiger partial charge in [0, 0.05) is 0 Å². The molecule has 74 valence electrons. The van der Waals surface area contributed by atoms with Crippen molar-refractivity contribution >= 4 is 11.9 Å². The van der Waals surface area contributed by atoms with Crippen LogP contribution >= 0.6 is 0 Å². The molecule has 0 saturated heterocycles. The summed E-state index contributed by atoms with van der Waals surface area (Å²) < 4.78 is 0. The smallest absolute Gasteiger partial charge is 0.340 e. The van der Waals surface area contributed by atoms with Gasteiger partial charge in [0.25, 0.3) is 0 Å². The number of carbonyl (C=O) groups is 2. The van der Waals surface area contributed by atoms with Gasteiger partial charge in [-0.05, 0) is 12.1 Å². The highest BCUT2D eigenvalue weighted by molar-refractivity contribution is 6.03. The van der Waals surface area contributed by atoms with Gasteiger partial charge in [-0.1, -0.05) is 6.07 Å². The lowest BCUT2D eigenvalue weighted by atomic mass is 10.1. The first-order valence-corrected chi connectivity index (χ1v) is 3.54. The molecule has 0 heterocycles. The molecule has 14 heavy (non-hydrogen) atoms. The van der Waals surface area contributed by atoms with E-state index >= 15 is 0 Å². The van der Waals surface area contributed by atoms with E-state index in [9.17, 15) is 9.59 Å². The second-order valence-electron chi connectivity index (χ2n) is 2.41. The molecule has 1 aromatic rings. The zero-order valence-electron chi connectivity index (χ0n) is 6.93. The third kappa shape index (κ3) is 1.64. The molecular weight excluding hydrogens is 190 g/mol. The Balaban J connectivity index is 3.43. The molecule has 0 spiro atoms. The highest BCUT2D eigenvalue weighted by atomic mass is 16.6. The maximum atomic E-state index is 10.7. The third-order valence-electron chi connectivity index (χ3n) is 1.60. The van der Waals surface area contributed by atoms with Crippen molar-refractivity contribution in [2.45, 2.75) is 0 Å². The number of benzene rings is 1. The molecule has 0 saturated carbocycles. The molecule has 4 N–H and O–H groups in total. The Labute approximate surface area is 78.5 Å². The van der Waals surface area contributed by atoms with Crippen molar-refractivity contribution in [2.75, 3.05) is 0 Å². The minimum Gasteiger partial charge on any atom is -0.478 e. The van der Waals surface area contributed by atoms with Gasteiger partial charge in [0.15, 0.2) is 5.75 Å². The van der Waals surface area contributed by atoms with E-state index in [0.717, 1.165) is 6.07 Å². The van der Waals surface area contributed by atoms with Gasteiger partial charge in [-0.2, -0.15) is 5.90 Å². The number of carboxylic acids is 2. The molecule has 0 aromatic heterocycles. The number of hydrogen-bond donors (Lipinski definition) is 3. The first kappa shape index (κ1) is 10.0. The topological polar surface area (TPSA) is 110 Å². The van der Waals surface area contributed by atoms with E-state index in [1.807, 2.05) is 0 Å². The fourth-order valence-corrected chi connectivity index (χ4v) is 1.03. The summed E-state index contributed by atoms with van der Waals surface area (Å²) in [6.07, 6.45) is 0. The normalized spacial score (nSPS) is 9.50. The van der Waals surface area contributed by atoms with Crippen molar-refractivity contribution in [1.29, 1.82) is 0 Å². The highest BCUT2D eigenvalue weighted by Crippen LogP contribution is 2.21. The van der Waals surface area contributed by atoms with Gasteiger partial charge >= 0.3 is 11.9 Å². The summed E-state index contributed by atoms with van der Waals surface area (Å²) in [5.41, 5.74) is -0.817. The van der Waals surface area contributed by atoms with E-state index in [0.29, 0.717) is 0 Å². The third-order valence-corrected chi connectivity index (χ3v) is 1.60. The van der Waals surface area contributed by atoms with Gasteiger partial charge in [-0.15, -0.1) is 0 Å². The van der Waals surface area contributed by atoms with Crippen molar-refractivity contribution in [3.05, 3.63) is 29.3 Å². The Morgan fingerprint density at radius 1 is 1.21 bits per heavy atom. The van der Waals surface area contributed by atoms with Gasteiger partial charge in [-0.3, -0.25) is 0 Å². The summed E-state index contributed by atoms with van der Waals surface area (Å²) in [7, 11) is 0. The lowest BCUT2D eigenvalue weighted by Crippen LogP contribution is -2.13. The molecule has 0 fully saturated rings. The molecule has 0 amide bonds. The summed E-state index contributed by atoms with van der Waals surface area (Å²) in [4.78, 5) is 25.6. The maximum absolute atomic E-state index is 10.7. The molecule has 0 atom stereocenters. The van der Waals surface area contributed by atoms with E-state index < -0.39 is 17.5 Å². The second kappa shape index (κ2) is 3.75. The summed E-state index contributed by atoms with van der Waals surface area (Å²) in [5, 5.41) is 17.4. The quantitative estimate of drug-likeness (QED) is 0.602. The lowest BCUT2D eigenvalue weighted by molar-refractivity contribution is 0.0647. The maximum Gasteiger partial charge on any atom is 0.340 e. The standard InChI is InChI=1S/C8H7NO5/c9-14-5-3-1-2-4(7(10)11)6(5)8(12)13/h1-3H,9H2,(H,10,11)(H,12,13). The van der Waals surface area contributed by atoms with E-state index in [-0.39, 0.29) is 11.3 Å². The van der Waals surface area contributed by atoms with Gasteiger partial charge in [0.1, 0.15) is 5.56 Å². The van der Waals surface area contributed by atoms with E-state index in [1.165, 1.54) is 12.1 Å². The first-order valence-electron chi connectivity index (χ1n) is 3.54.